The first-order chi connectivity index (χ1) is 12.4. The number of carbonyl (C=O) groups is 1. The van der Waals surface area contributed by atoms with Gasteiger partial charge in [-0.25, -0.2) is 14.6 Å². The van der Waals surface area contributed by atoms with Gasteiger partial charge in [0.2, 0.25) is 0 Å². The molecule has 0 N–H and O–H groups in total. The van der Waals surface area contributed by atoms with Crippen LogP contribution in [-0.4, -0.2) is 43.0 Å². The van der Waals surface area contributed by atoms with E-state index in [2.05, 4.69) is 0 Å². The molecule has 1 aliphatic heterocycles. The van der Waals surface area contributed by atoms with Crippen LogP contribution in [0.2, 0.25) is 0 Å². The van der Waals surface area contributed by atoms with Gasteiger partial charge in [-0.2, -0.15) is 0 Å². The highest BCUT2D eigenvalue weighted by Gasteiger charge is 2.37. The fraction of sp³-hybridized carbons (Fsp3) is 0.650. The summed E-state index contributed by atoms with van der Waals surface area (Å²) in [4.78, 5) is 25.5. The zero-order valence-electron chi connectivity index (χ0n) is 17.5. The third-order valence-corrected chi connectivity index (χ3v) is 3.83. The standard InChI is InChI=1S/C20H31NO6/c1-19(2,3)25-18(22)21-10-9-13-11-15(23-7)16(24-8)12-14(13)17(21)26-27-20(4,5)6/h11-12,17H,9-10H2,1-8H3. The molecular formula is C20H31NO6. The third kappa shape index (κ3) is 5.49. The molecule has 1 aromatic rings. The molecule has 0 saturated heterocycles. The van der Waals surface area contributed by atoms with Crippen LogP contribution in [0.25, 0.3) is 0 Å². The van der Waals surface area contributed by atoms with Crippen molar-refractivity contribution in [2.45, 2.75) is 65.4 Å². The lowest BCUT2D eigenvalue weighted by Crippen LogP contribution is -2.44. The molecule has 2 rings (SSSR count). The van der Waals surface area contributed by atoms with Gasteiger partial charge < -0.3 is 14.2 Å². The highest BCUT2D eigenvalue weighted by Crippen LogP contribution is 2.39. The zero-order chi connectivity index (χ0) is 20.4. The summed E-state index contributed by atoms with van der Waals surface area (Å²) < 4.78 is 16.4. The minimum atomic E-state index is -0.748. The minimum Gasteiger partial charge on any atom is -0.493 e. The molecule has 152 valence electrons. The molecule has 1 heterocycles. The van der Waals surface area contributed by atoms with Crippen molar-refractivity contribution in [1.82, 2.24) is 4.90 Å². The Labute approximate surface area is 161 Å². The highest BCUT2D eigenvalue weighted by atomic mass is 17.2. The smallest absolute Gasteiger partial charge is 0.412 e. The fourth-order valence-electron chi connectivity index (χ4n) is 2.71. The monoisotopic (exact) mass is 381 g/mol. The molecule has 0 bridgehead atoms. The number of hydrogen-bond donors (Lipinski definition) is 0. The van der Waals surface area contributed by atoms with Crippen LogP contribution in [-0.2, 0) is 20.9 Å². The Morgan fingerprint density at radius 2 is 1.59 bits per heavy atom. The first-order valence-electron chi connectivity index (χ1n) is 9.04. The summed E-state index contributed by atoms with van der Waals surface area (Å²) in [6, 6.07) is 3.73. The largest absolute Gasteiger partial charge is 0.493 e. The second-order valence-corrected chi connectivity index (χ2v) is 8.47. The fourth-order valence-corrected chi connectivity index (χ4v) is 2.71. The maximum Gasteiger partial charge on any atom is 0.412 e. The summed E-state index contributed by atoms with van der Waals surface area (Å²) in [5.74, 6) is 1.20. The number of amides is 1. The molecule has 1 aromatic carbocycles. The van der Waals surface area contributed by atoms with Gasteiger partial charge in [0.1, 0.15) is 5.60 Å². The van der Waals surface area contributed by atoms with E-state index in [1.165, 1.54) is 4.90 Å². The number of benzene rings is 1. The lowest BCUT2D eigenvalue weighted by Gasteiger charge is -2.38. The zero-order valence-corrected chi connectivity index (χ0v) is 17.5. The third-order valence-electron chi connectivity index (χ3n) is 3.83. The Hall–Kier alpha value is -1.99. The Kier molecular flexibility index (Phi) is 6.27. The summed E-state index contributed by atoms with van der Waals surface area (Å²) >= 11 is 0. The Morgan fingerprint density at radius 3 is 2.11 bits per heavy atom. The van der Waals surface area contributed by atoms with Crippen molar-refractivity contribution >= 4 is 6.09 Å². The van der Waals surface area contributed by atoms with E-state index in [9.17, 15) is 4.79 Å². The van der Waals surface area contributed by atoms with Crippen LogP contribution in [0, 0.1) is 0 Å². The van der Waals surface area contributed by atoms with Crippen LogP contribution < -0.4 is 9.47 Å². The van der Waals surface area contributed by atoms with E-state index in [1.54, 1.807) is 14.2 Å². The van der Waals surface area contributed by atoms with Gasteiger partial charge >= 0.3 is 6.09 Å². The van der Waals surface area contributed by atoms with Gasteiger partial charge in [0.05, 0.1) is 19.8 Å². The van der Waals surface area contributed by atoms with Gasteiger partial charge in [-0.15, -0.1) is 0 Å². The molecular weight excluding hydrogens is 350 g/mol. The SMILES string of the molecule is COc1cc2c(cc1OC)C(OOC(C)(C)C)N(C(=O)OC(C)(C)C)CC2. The first-order valence-corrected chi connectivity index (χ1v) is 9.04. The maximum atomic E-state index is 12.7. The van der Waals surface area contributed by atoms with Crippen LogP contribution in [0.5, 0.6) is 11.5 Å². The molecule has 0 radical (unpaired) electrons. The number of rotatable bonds is 4. The lowest BCUT2D eigenvalue weighted by molar-refractivity contribution is -0.396. The molecule has 27 heavy (non-hydrogen) atoms. The molecule has 0 spiro atoms. The number of methoxy groups -OCH3 is 2. The van der Waals surface area contributed by atoms with E-state index in [0.717, 1.165) is 11.1 Å². The van der Waals surface area contributed by atoms with E-state index < -0.39 is 23.5 Å². The van der Waals surface area contributed by atoms with Crippen molar-refractivity contribution in [1.29, 1.82) is 0 Å². The number of ether oxygens (including phenoxy) is 3. The summed E-state index contributed by atoms with van der Waals surface area (Å²) in [5, 5.41) is 0. The predicted molar refractivity (Wildman–Crippen MR) is 101 cm³/mol. The molecule has 0 saturated carbocycles. The second-order valence-electron chi connectivity index (χ2n) is 8.47. The molecule has 1 aliphatic rings. The van der Waals surface area contributed by atoms with E-state index in [0.29, 0.717) is 24.5 Å². The van der Waals surface area contributed by atoms with E-state index in [-0.39, 0.29) is 0 Å². The lowest BCUT2D eigenvalue weighted by atomic mass is 9.97. The van der Waals surface area contributed by atoms with Gasteiger partial charge in [0.15, 0.2) is 17.7 Å². The van der Waals surface area contributed by atoms with Crippen molar-refractivity contribution < 1.29 is 28.8 Å². The first kappa shape index (κ1) is 21.3. The minimum absolute atomic E-state index is 0.440. The number of fused-ring (bicyclic) bond motifs is 1. The van der Waals surface area contributed by atoms with Gasteiger partial charge in [-0.05, 0) is 65.7 Å². The Balaban J connectivity index is 2.41. The molecule has 1 unspecified atom stereocenters. The molecule has 0 fully saturated rings. The van der Waals surface area contributed by atoms with Crippen molar-refractivity contribution in [3.63, 3.8) is 0 Å². The summed E-state index contributed by atoms with van der Waals surface area (Å²) in [7, 11) is 3.16. The van der Waals surface area contributed by atoms with Crippen molar-refractivity contribution in [2.24, 2.45) is 0 Å². The summed E-state index contributed by atoms with van der Waals surface area (Å²) in [5.41, 5.74) is 0.655. The second kappa shape index (κ2) is 7.94. The van der Waals surface area contributed by atoms with Crippen molar-refractivity contribution in [3.05, 3.63) is 23.3 Å². The number of carbonyl (C=O) groups excluding carboxylic acids is 1. The maximum absolute atomic E-state index is 12.7. The van der Waals surface area contributed by atoms with Crippen molar-refractivity contribution in [3.8, 4) is 11.5 Å². The molecule has 7 heteroatoms. The molecule has 0 aromatic heterocycles. The number of hydrogen-bond acceptors (Lipinski definition) is 6. The highest BCUT2D eigenvalue weighted by molar-refractivity contribution is 5.69. The summed E-state index contributed by atoms with van der Waals surface area (Å²) in [6.45, 7) is 11.6. The number of nitrogens with zero attached hydrogens (tertiary/aromatic N) is 1. The van der Waals surface area contributed by atoms with E-state index >= 15 is 0 Å². The summed E-state index contributed by atoms with van der Waals surface area (Å²) in [6.07, 6.45) is -0.558. The van der Waals surface area contributed by atoms with Crippen LogP contribution in [0.4, 0.5) is 4.79 Å². The molecule has 0 aliphatic carbocycles. The van der Waals surface area contributed by atoms with Crippen LogP contribution in [0.15, 0.2) is 12.1 Å². The average Bonchev–Trinajstić information content (AvgIpc) is 2.55. The Morgan fingerprint density at radius 1 is 1.00 bits per heavy atom. The molecule has 7 nitrogen and oxygen atoms in total. The topological polar surface area (TPSA) is 66.5 Å². The van der Waals surface area contributed by atoms with Crippen LogP contribution >= 0.6 is 0 Å². The van der Waals surface area contributed by atoms with Gasteiger partial charge in [0.25, 0.3) is 0 Å². The van der Waals surface area contributed by atoms with E-state index in [4.69, 9.17) is 24.0 Å². The Bertz CT molecular complexity index is 674. The van der Waals surface area contributed by atoms with Crippen molar-refractivity contribution in [2.75, 3.05) is 20.8 Å². The molecule has 1 amide bonds. The van der Waals surface area contributed by atoms with Gasteiger partial charge in [-0.1, -0.05) is 0 Å². The van der Waals surface area contributed by atoms with Crippen LogP contribution in [0.1, 0.15) is 58.9 Å². The molecule has 1 atom stereocenters. The predicted octanol–water partition coefficient (Wildman–Crippen LogP) is 4.24. The average molecular weight is 381 g/mol. The van der Waals surface area contributed by atoms with Gasteiger partial charge in [-0.3, -0.25) is 4.90 Å². The van der Waals surface area contributed by atoms with E-state index in [1.807, 2.05) is 53.7 Å². The quantitative estimate of drug-likeness (QED) is 0.574. The normalized spacial score (nSPS) is 17.3. The van der Waals surface area contributed by atoms with Gasteiger partial charge in [0, 0.05) is 12.1 Å². The van der Waals surface area contributed by atoms with Crippen LogP contribution in [0.3, 0.4) is 0 Å².